The van der Waals surface area contributed by atoms with Gasteiger partial charge in [-0.3, -0.25) is 4.79 Å². The molecule has 158 valence electrons. The molecule has 0 fully saturated rings. The van der Waals surface area contributed by atoms with Gasteiger partial charge in [-0.25, -0.2) is 0 Å². The van der Waals surface area contributed by atoms with Gasteiger partial charge in [0.15, 0.2) is 8.68 Å². The molecule has 1 heterocycles. The van der Waals surface area contributed by atoms with E-state index in [-0.39, 0.29) is 5.91 Å². The molecule has 0 saturated carbocycles. The summed E-state index contributed by atoms with van der Waals surface area (Å²) in [6.45, 7) is 7.16. The summed E-state index contributed by atoms with van der Waals surface area (Å²) in [5.74, 6) is 2.09. The molecule has 0 saturated heterocycles. The highest BCUT2D eigenvalue weighted by molar-refractivity contribution is 8.03. The van der Waals surface area contributed by atoms with Crippen molar-refractivity contribution >= 4 is 40.8 Å². The fourth-order valence-electron chi connectivity index (χ4n) is 2.80. The first-order chi connectivity index (χ1) is 14.5. The van der Waals surface area contributed by atoms with Crippen molar-refractivity contribution in [3.8, 4) is 0 Å². The molecule has 1 unspecified atom stereocenters. The quantitative estimate of drug-likeness (QED) is 0.380. The molecule has 0 spiro atoms. The zero-order chi connectivity index (χ0) is 21.3. The van der Waals surface area contributed by atoms with E-state index >= 15 is 0 Å². The van der Waals surface area contributed by atoms with Crippen molar-refractivity contribution in [1.29, 1.82) is 0 Å². The number of nitrogens with one attached hydrogen (secondary N) is 1. The molecule has 2 aromatic carbocycles. The molecule has 0 aliphatic heterocycles. The van der Waals surface area contributed by atoms with Crippen molar-refractivity contribution in [3.63, 3.8) is 0 Å². The Balaban J connectivity index is 1.39. The van der Waals surface area contributed by atoms with Crippen LogP contribution >= 0.6 is 34.9 Å². The van der Waals surface area contributed by atoms with Crippen LogP contribution in [-0.4, -0.2) is 28.4 Å². The second-order valence-electron chi connectivity index (χ2n) is 7.42. The van der Waals surface area contributed by atoms with Crippen molar-refractivity contribution in [2.75, 3.05) is 12.3 Å². The number of nitrogens with zero attached hydrogens (tertiary/aromatic N) is 2. The van der Waals surface area contributed by atoms with Crippen LogP contribution in [0.1, 0.15) is 49.3 Å². The Kier molecular flexibility index (Phi) is 8.78. The maximum Gasteiger partial charge on any atom is 0.230 e. The van der Waals surface area contributed by atoms with Crippen LogP contribution < -0.4 is 5.32 Å². The monoisotopic (exact) mass is 457 g/mol. The van der Waals surface area contributed by atoms with Crippen LogP contribution in [0, 0.1) is 0 Å². The van der Waals surface area contributed by atoms with Gasteiger partial charge in [0.2, 0.25) is 5.91 Å². The topological polar surface area (TPSA) is 54.9 Å². The van der Waals surface area contributed by atoms with E-state index in [1.165, 1.54) is 28.5 Å². The zero-order valence-electron chi connectivity index (χ0n) is 17.5. The summed E-state index contributed by atoms with van der Waals surface area (Å²) < 4.78 is 1.77. The van der Waals surface area contributed by atoms with Gasteiger partial charge in [-0.15, -0.1) is 10.2 Å². The van der Waals surface area contributed by atoms with Crippen LogP contribution in [0.5, 0.6) is 0 Å². The molecule has 1 amide bonds. The fourth-order valence-corrected chi connectivity index (χ4v) is 5.61. The fraction of sp³-hybridized carbons (Fsp3) is 0.348. The van der Waals surface area contributed by atoms with Gasteiger partial charge >= 0.3 is 0 Å². The largest absolute Gasteiger partial charge is 0.355 e. The number of carbonyl (C=O) groups is 1. The number of rotatable bonds is 10. The van der Waals surface area contributed by atoms with Gasteiger partial charge in [-0.05, 0) is 28.5 Å². The third-order valence-corrected chi connectivity index (χ3v) is 7.96. The second-order valence-corrected chi connectivity index (χ2v) is 10.8. The van der Waals surface area contributed by atoms with Crippen LogP contribution in [0.3, 0.4) is 0 Å². The van der Waals surface area contributed by atoms with Crippen LogP contribution in [0.2, 0.25) is 0 Å². The molecule has 30 heavy (non-hydrogen) atoms. The van der Waals surface area contributed by atoms with Crippen molar-refractivity contribution in [2.45, 2.75) is 47.0 Å². The number of hydrogen-bond donors (Lipinski definition) is 1. The summed E-state index contributed by atoms with van der Waals surface area (Å²) in [5.41, 5.74) is 3.87. The van der Waals surface area contributed by atoms with Crippen LogP contribution in [0.15, 0.2) is 63.3 Å². The first kappa shape index (κ1) is 22.8. The minimum absolute atomic E-state index is 0.0254. The van der Waals surface area contributed by atoms with E-state index in [4.69, 9.17) is 0 Å². The number of carbonyl (C=O) groups excluding carboxylic acids is 1. The first-order valence-corrected chi connectivity index (χ1v) is 12.8. The molecular formula is C23H27N3OS3. The van der Waals surface area contributed by atoms with Crippen molar-refractivity contribution in [2.24, 2.45) is 0 Å². The van der Waals surface area contributed by atoms with Gasteiger partial charge < -0.3 is 5.32 Å². The number of aromatic nitrogens is 2. The van der Waals surface area contributed by atoms with E-state index in [1.807, 2.05) is 18.2 Å². The normalized spacial score (nSPS) is 12.1. The Morgan fingerprint density at radius 1 is 0.933 bits per heavy atom. The summed E-state index contributed by atoms with van der Waals surface area (Å²) >= 11 is 4.68. The lowest BCUT2D eigenvalue weighted by Crippen LogP contribution is -2.28. The predicted molar refractivity (Wildman–Crippen MR) is 129 cm³/mol. The Hall–Kier alpha value is -1.83. The lowest BCUT2D eigenvalue weighted by Gasteiger charge is -2.12. The average Bonchev–Trinajstić information content (AvgIpc) is 3.23. The number of benzene rings is 2. The molecule has 1 atom stereocenters. The van der Waals surface area contributed by atoms with Crippen molar-refractivity contribution in [1.82, 2.24) is 15.5 Å². The molecular weight excluding hydrogens is 430 g/mol. The highest BCUT2D eigenvalue weighted by Gasteiger charge is 2.11. The maximum absolute atomic E-state index is 12.2. The van der Waals surface area contributed by atoms with Gasteiger partial charge in [0.1, 0.15) is 0 Å². The number of amides is 1. The number of hydrogen-bond acceptors (Lipinski definition) is 6. The summed E-state index contributed by atoms with van der Waals surface area (Å²) in [6, 6.07) is 19.0. The Bertz CT molecular complexity index is 926. The molecule has 3 aromatic rings. The lowest BCUT2D eigenvalue weighted by atomic mass is 10.0. The number of thioether (sulfide) groups is 2. The second kappa shape index (κ2) is 11.5. The average molecular weight is 458 g/mol. The standard InChI is InChI=1S/C23H27N3OS3/c1-16(2)19-11-9-18(10-12-19)14-28-22-25-26-23(30-22)29-15-21(27)24-13-17(3)20-7-5-4-6-8-20/h4-12,16-17H,13-15H2,1-3H3,(H,24,27). The highest BCUT2D eigenvalue weighted by atomic mass is 32.2. The van der Waals surface area contributed by atoms with E-state index in [2.05, 4.69) is 72.7 Å². The highest BCUT2D eigenvalue weighted by Crippen LogP contribution is 2.31. The Labute approximate surface area is 191 Å². The first-order valence-electron chi connectivity index (χ1n) is 10.0. The zero-order valence-corrected chi connectivity index (χ0v) is 19.9. The Morgan fingerprint density at radius 2 is 1.60 bits per heavy atom. The van der Waals surface area contributed by atoms with Crippen LogP contribution in [-0.2, 0) is 10.5 Å². The minimum atomic E-state index is 0.0254. The Morgan fingerprint density at radius 3 is 2.27 bits per heavy atom. The smallest absolute Gasteiger partial charge is 0.230 e. The van der Waals surface area contributed by atoms with Gasteiger partial charge in [-0.1, -0.05) is 110 Å². The SMILES string of the molecule is CC(C)c1ccc(CSc2nnc(SCC(=O)NCC(C)c3ccccc3)s2)cc1. The molecule has 0 bridgehead atoms. The summed E-state index contributed by atoms with van der Waals surface area (Å²) in [4.78, 5) is 12.2. The minimum Gasteiger partial charge on any atom is -0.355 e. The van der Waals surface area contributed by atoms with E-state index in [0.717, 1.165) is 14.4 Å². The molecule has 0 aliphatic rings. The third-order valence-electron chi connectivity index (χ3n) is 4.70. The van der Waals surface area contributed by atoms with E-state index < -0.39 is 0 Å². The van der Waals surface area contributed by atoms with Crippen LogP contribution in [0.25, 0.3) is 0 Å². The predicted octanol–water partition coefficient (Wildman–Crippen LogP) is 5.97. The van der Waals surface area contributed by atoms with Gasteiger partial charge in [0.25, 0.3) is 0 Å². The van der Waals surface area contributed by atoms with Gasteiger partial charge in [0, 0.05) is 12.3 Å². The van der Waals surface area contributed by atoms with Gasteiger partial charge in [-0.2, -0.15) is 0 Å². The molecule has 3 rings (SSSR count). The molecule has 1 N–H and O–H groups in total. The van der Waals surface area contributed by atoms with Crippen molar-refractivity contribution in [3.05, 3.63) is 71.3 Å². The molecule has 0 aliphatic carbocycles. The summed E-state index contributed by atoms with van der Waals surface area (Å²) in [6.07, 6.45) is 0. The summed E-state index contributed by atoms with van der Waals surface area (Å²) in [7, 11) is 0. The lowest BCUT2D eigenvalue weighted by molar-refractivity contribution is -0.118. The maximum atomic E-state index is 12.2. The third kappa shape index (κ3) is 7.15. The van der Waals surface area contributed by atoms with Gasteiger partial charge in [0.05, 0.1) is 5.75 Å². The summed E-state index contributed by atoms with van der Waals surface area (Å²) in [5, 5.41) is 11.5. The molecule has 7 heteroatoms. The van der Waals surface area contributed by atoms with E-state index in [9.17, 15) is 4.79 Å². The molecule has 4 nitrogen and oxygen atoms in total. The molecule has 1 aromatic heterocycles. The van der Waals surface area contributed by atoms with E-state index in [0.29, 0.717) is 24.1 Å². The van der Waals surface area contributed by atoms with Crippen LogP contribution in [0.4, 0.5) is 0 Å². The molecule has 0 radical (unpaired) electrons. The van der Waals surface area contributed by atoms with Crippen molar-refractivity contribution < 1.29 is 4.79 Å². The van der Waals surface area contributed by atoms with E-state index in [1.54, 1.807) is 23.1 Å².